The Morgan fingerprint density at radius 1 is 1.57 bits per heavy atom. The molecule has 14 heavy (non-hydrogen) atoms. The van der Waals surface area contributed by atoms with Gasteiger partial charge in [-0.05, 0) is 6.07 Å². The lowest BCUT2D eigenvalue weighted by Crippen LogP contribution is -2.13. The van der Waals surface area contributed by atoms with Crippen molar-refractivity contribution in [2.45, 2.75) is 12.3 Å². The van der Waals surface area contributed by atoms with Gasteiger partial charge in [0.2, 0.25) is 11.8 Å². The summed E-state index contributed by atoms with van der Waals surface area (Å²) in [5.41, 5.74) is 0.919. The molecule has 0 spiro atoms. The van der Waals surface area contributed by atoms with Crippen LogP contribution in [0.25, 0.3) is 0 Å². The molecular weight excluding hydrogens is 180 g/mol. The molecule has 1 aliphatic rings. The summed E-state index contributed by atoms with van der Waals surface area (Å²) in [7, 11) is 1.59. The van der Waals surface area contributed by atoms with Gasteiger partial charge in [-0.2, -0.15) is 0 Å². The molecule has 74 valence electrons. The van der Waals surface area contributed by atoms with Gasteiger partial charge in [0.15, 0.2) is 0 Å². The van der Waals surface area contributed by atoms with E-state index < -0.39 is 0 Å². The van der Waals surface area contributed by atoms with Crippen LogP contribution in [-0.4, -0.2) is 24.5 Å². The minimum absolute atomic E-state index is 0.0969. The fraction of sp³-hybridized carbons (Fsp3) is 0.400. The molecule has 1 atom stereocenters. The van der Waals surface area contributed by atoms with Crippen molar-refractivity contribution in [2.24, 2.45) is 0 Å². The lowest BCUT2D eigenvalue weighted by molar-refractivity contribution is -0.119. The molecule has 0 radical (unpaired) electrons. The predicted octanol–water partition coefficient (Wildman–Crippen LogP) is 0.694. The third-order valence-corrected chi connectivity index (χ3v) is 2.35. The van der Waals surface area contributed by atoms with Gasteiger partial charge in [-0.3, -0.25) is 4.79 Å². The highest BCUT2D eigenvalue weighted by Crippen LogP contribution is 2.22. The van der Waals surface area contributed by atoms with Crippen molar-refractivity contribution in [1.82, 2.24) is 10.3 Å². The van der Waals surface area contributed by atoms with E-state index >= 15 is 0 Å². The largest absolute Gasteiger partial charge is 0.481 e. The molecule has 1 aromatic rings. The number of nitrogens with one attached hydrogen (secondary N) is 1. The van der Waals surface area contributed by atoms with Gasteiger partial charge in [-0.1, -0.05) is 6.07 Å². The molecule has 1 amide bonds. The summed E-state index contributed by atoms with van der Waals surface area (Å²) >= 11 is 0. The number of rotatable bonds is 2. The Kier molecular flexibility index (Phi) is 2.35. The van der Waals surface area contributed by atoms with Crippen molar-refractivity contribution in [3.63, 3.8) is 0 Å². The number of ether oxygens (including phenoxy) is 1. The molecule has 1 saturated heterocycles. The summed E-state index contributed by atoms with van der Waals surface area (Å²) in [5, 5.41) is 2.79. The van der Waals surface area contributed by atoms with Crippen molar-refractivity contribution in [2.75, 3.05) is 13.7 Å². The van der Waals surface area contributed by atoms with Crippen molar-refractivity contribution < 1.29 is 9.53 Å². The molecule has 0 aromatic carbocycles. The topological polar surface area (TPSA) is 51.2 Å². The second-order valence-electron chi connectivity index (χ2n) is 3.31. The highest BCUT2D eigenvalue weighted by atomic mass is 16.5. The molecule has 1 fully saturated rings. The van der Waals surface area contributed by atoms with Crippen LogP contribution in [0.4, 0.5) is 0 Å². The van der Waals surface area contributed by atoms with Crippen LogP contribution >= 0.6 is 0 Å². The van der Waals surface area contributed by atoms with E-state index in [1.165, 1.54) is 0 Å². The van der Waals surface area contributed by atoms with E-state index in [0.29, 0.717) is 18.8 Å². The molecular formula is C10H12N2O2. The van der Waals surface area contributed by atoms with Crippen molar-refractivity contribution in [3.8, 4) is 5.88 Å². The number of methoxy groups -OCH3 is 1. The number of pyridine rings is 1. The summed E-state index contributed by atoms with van der Waals surface area (Å²) < 4.78 is 5.02. The van der Waals surface area contributed by atoms with Crippen molar-refractivity contribution >= 4 is 5.91 Å². The Balaban J connectivity index is 2.19. The van der Waals surface area contributed by atoms with Crippen LogP contribution in [0.15, 0.2) is 18.2 Å². The zero-order valence-electron chi connectivity index (χ0n) is 7.99. The standard InChI is InChI=1S/C10H12N2O2/c1-14-10-4-2-3-8(12-10)7-5-9(13)11-6-7/h2-4,7H,5-6H2,1H3,(H,11,13). The molecule has 0 aliphatic carbocycles. The summed E-state index contributed by atoms with van der Waals surface area (Å²) in [5.74, 6) is 0.888. The van der Waals surface area contributed by atoms with E-state index in [1.54, 1.807) is 13.2 Å². The normalized spacial score (nSPS) is 20.6. The molecule has 0 bridgehead atoms. The van der Waals surface area contributed by atoms with Gasteiger partial charge in [-0.15, -0.1) is 0 Å². The van der Waals surface area contributed by atoms with Crippen LogP contribution in [-0.2, 0) is 4.79 Å². The third-order valence-electron chi connectivity index (χ3n) is 2.35. The smallest absolute Gasteiger partial charge is 0.220 e. The first-order valence-electron chi connectivity index (χ1n) is 4.57. The number of hydrogen-bond donors (Lipinski definition) is 1. The first-order valence-corrected chi connectivity index (χ1v) is 4.57. The fourth-order valence-electron chi connectivity index (χ4n) is 1.59. The quantitative estimate of drug-likeness (QED) is 0.750. The average Bonchev–Trinajstić information content (AvgIpc) is 2.65. The second-order valence-corrected chi connectivity index (χ2v) is 3.31. The molecule has 1 aliphatic heterocycles. The Morgan fingerprint density at radius 3 is 3.07 bits per heavy atom. The summed E-state index contributed by atoms with van der Waals surface area (Å²) in [6.07, 6.45) is 0.528. The second kappa shape index (κ2) is 3.65. The molecule has 1 unspecified atom stereocenters. The van der Waals surface area contributed by atoms with Crippen molar-refractivity contribution in [1.29, 1.82) is 0 Å². The van der Waals surface area contributed by atoms with E-state index in [1.807, 2.05) is 12.1 Å². The van der Waals surface area contributed by atoms with Gasteiger partial charge < -0.3 is 10.1 Å². The summed E-state index contributed by atoms with van der Waals surface area (Å²) in [4.78, 5) is 15.3. The first-order chi connectivity index (χ1) is 6.79. The van der Waals surface area contributed by atoms with E-state index in [9.17, 15) is 4.79 Å². The summed E-state index contributed by atoms with van der Waals surface area (Å²) in [6.45, 7) is 0.680. The predicted molar refractivity (Wildman–Crippen MR) is 51.2 cm³/mol. The minimum Gasteiger partial charge on any atom is -0.481 e. The van der Waals surface area contributed by atoms with Crippen LogP contribution in [0.5, 0.6) is 5.88 Å². The molecule has 0 saturated carbocycles. The van der Waals surface area contributed by atoms with Crippen molar-refractivity contribution in [3.05, 3.63) is 23.9 Å². The molecule has 4 nitrogen and oxygen atoms in total. The number of nitrogens with zero attached hydrogens (tertiary/aromatic N) is 1. The number of aromatic nitrogens is 1. The van der Waals surface area contributed by atoms with E-state index in [2.05, 4.69) is 10.3 Å². The van der Waals surface area contributed by atoms with Gasteiger partial charge in [0.25, 0.3) is 0 Å². The molecule has 2 rings (SSSR count). The Labute approximate surface area is 82.3 Å². The van der Waals surface area contributed by atoms with Crippen LogP contribution in [0.2, 0.25) is 0 Å². The highest BCUT2D eigenvalue weighted by Gasteiger charge is 2.24. The molecule has 1 aromatic heterocycles. The monoisotopic (exact) mass is 192 g/mol. The number of amides is 1. The van der Waals surface area contributed by atoms with E-state index in [4.69, 9.17) is 4.74 Å². The maximum Gasteiger partial charge on any atom is 0.220 e. The maximum atomic E-state index is 11.0. The average molecular weight is 192 g/mol. The highest BCUT2D eigenvalue weighted by molar-refractivity contribution is 5.79. The number of carbonyl (C=O) groups is 1. The van der Waals surface area contributed by atoms with E-state index in [0.717, 1.165) is 5.69 Å². The van der Waals surface area contributed by atoms with E-state index in [-0.39, 0.29) is 11.8 Å². The minimum atomic E-state index is 0.0969. The first kappa shape index (κ1) is 8.99. The third kappa shape index (κ3) is 1.69. The van der Waals surface area contributed by atoms with Gasteiger partial charge in [0.1, 0.15) is 0 Å². The Bertz CT molecular complexity index is 352. The summed E-state index contributed by atoms with van der Waals surface area (Å²) in [6, 6.07) is 5.62. The van der Waals surface area contributed by atoms with Gasteiger partial charge in [-0.25, -0.2) is 4.98 Å². The molecule has 1 N–H and O–H groups in total. The zero-order chi connectivity index (χ0) is 9.97. The van der Waals surface area contributed by atoms with Gasteiger partial charge in [0, 0.05) is 30.6 Å². The maximum absolute atomic E-state index is 11.0. The zero-order valence-corrected chi connectivity index (χ0v) is 7.99. The molecule has 2 heterocycles. The molecule has 4 heteroatoms. The number of carbonyl (C=O) groups excluding carboxylic acids is 1. The lowest BCUT2D eigenvalue weighted by Gasteiger charge is -2.07. The number of hydrogen-bond acceptors (Lipinski definition) is 3. The van der Waals surface area contributed by atoms with Gasteiger partial charge >= 0.3 is 0 Å². The fourth-order valence-corrected chi connectivity index (χ4v) is 1.59. The van der Waals surface area contributed by atoms with Crippen LogP contribution in [0.3, 0.4) is 0 Å². The Morgan fingerprint density at radius 2 is 2.43 bits per heavy atom. The van der Waals surface area contributed by atoms with Crippen LogP contribution < -0.4 is 10.1 Å². The Hall–Kier alpha value is -1.58. The van der Waals surface area contributed by atoms with Gasteiger partial charge in [0.05, 0.1) is 7.11 Å². The van der Waals surface area contributed by atoms with Crippen LogP contribution in [0.1, 0.15) is 18.0 Å². The SMILES string of the molecule is COc1cccc(C2CNC(=O)C2)n1. The lowest BCUT2D eigenvalue weighted by atomic mass is 10.0. The van der Waals surface area contributed by atoms with Crippen LogP contribution in [0, 0.1) is 0 Å².